The van der Waals surface area contributed by atoms with Crippen LogP contribution in [-0.4, -0.2) is 18.0 Å². The first-order valence-electron chi connectivity index (χ1n) is 9.71. The van der Waals surface area contributed by atoms with Crippen LogP contribution in [-0.2, 0) is 11.2 Å². The number of halogens is 2. The predicted molar refractivity (Wildman–Crippen MR) is 109 cm³/mol. The van der Waals surface area contributed by atoms with Gasteiger partial charge in [-0.2, -0.15) is 0 Å². The molecule has 0 aliphatic heterocycles. The monoisotopic (exact) mass is 414 g/mol. The first-order chi connectivity index (χ1) is 14.4. The molecule has 0 spiro atoms. The molecule has 1 N–H and O–H groups in total. The number of hydrogen-bond acceptors (Lipinski definition) is 4. The highest BCUT2D eigenvalue weighted by Gasteiger charge is 2.19. The molecule has 1 aromatic heterocycles. The van der Waals surface area contributed by atoms with Crippen molar-refractivity contribution >= 4 is 5.91 Å². The van der Waals surface area contributed by atoms with Gasteiger partial charge in [0.1, 0.15) is 17.4 Å². The summed E-state index contributed by atoms with van der Waals surface area (Å²) in [6, 6.07) is 10.7. The van der Waals surface area contributed by atoms with E-state index >= 15 is 0 Å². The van der Waals surface area contributed by atoms with Crippen molar-refractivity contribution < 1.29 is 22.7 Å². The Morgan fingerprint density at radius 3 is 2.53 bits per heavy atom. The maximum atomic E-state index is 13.9. The Balaban J connectivity index is 1.61. The zero-order valence-corrected chi connectivity index (χ0v) is 17.1. The minimum absolute atomic E-state index is 0.124. The van der Waals surface area contributed by atoms with Gasteiger partial charge in [-0.15, -0.1) is 0 Å². The number of methoxy groups -OCH3 is 1. The van der Waals surface area contributed by atoms with Gasteiger partial charge in [0.25, 0.3) is 0 Å². The van der Waals surface area contributed by atoms with Gasteiger partial charge < -0.3 is 14.5 Å². The topological polar surface area (TPSA) is 64.4 Å². The number of ether oxygens (including phenoxy) is 1. The lowest BCUT2D eigenvalue weighted by Gasteiger charge is -2.23. The summed E-state index contributed by atoms with van der Waals surface area (Å²) in [5.74, 6) is -0.0752. The van der Waals surface area contributed by atoms with E-state index in [0.717, 1.165) is 23.4 Å². The Hall–Kier alpha value is -3.22. The number of nitrogens with zero attached hydrogens (tertiary/aromatic N) is 1. The number of amides is 1. The molecule has 0 radical (unpaired) electrons. The van der Waals surface area contributed by atoms with Crippen LogP contribution in [0, 0.1) is 17.6 Å². The van der Waals surface area contributed by atoms with Gasteiger partial charge in [0.15, 0.2) is 11.7 Å². The third-order valence-electron chi connectivity index (χ3n) is 4.77. The van der Waals surface area contributed by atoms with E-state index in [1.54, 1.807) is 7.11 Å². The van der Waals surface area contributed by atoms with Gasteiger partial charge in [0, 0.05) is 18.9 Å². The third-order valence-corrected chi connectivity index (χ3v) is 4.77. The summed E-state index contributed by atoms with van der Waals surface area (Å²) in [6.45, 7) is 4.07. The SMILES string of the molecule is COc1ccc(C(NC(=O)CCc2ncc(-c3ccc(F)cc3F)o2)C(C)C)cc1. The summed E-state index contributed by atoms with van der Waals surface area (Å²) in [5.41, 5.74) is 1.11. The van der Waals surface area contributed by atoms with Gasteiger partial charge in [0.2, 0.25) is 5.91 Å². The van der Waals surface area contributed by atoms with Crippen molar-refractivity contribution in [3.05, 3.63) is 71.8 Å². The lowest BCUT2D eigenvalue weighted by atomic mass is 9.95. The smallest absolute Gasteiger partial charge is 0.221 e. The molecule has 0 aliphatic carbocycles. The standard InChI is InChI=1S/C23H24F2N2O3/c1-14(2)23(15-4-7-17(29-3)8-5-15)27-21(28)10-11-22-26-13-20(30-22)18-9-6-16(24)12-19(18)25/h4-9,12-14,23H,10-11H2,1-3H3,(H,27,28). The Kier molecular flexibility index (Phi) is 6.82. The summed E-state index contributed by atoms with van der Waals surface area (Å²) in [7, 11) is 1.61. The highest BCUT2D eigenvalue weighted by molar-refractivity contribution is 5.76. The molecule has 0 bridgehead atoms. The van der Waals surface area contributed by atoms with Gasteiger partial charge >= 0.3 is 0 Å². The lowest BCUT2D eigenvalue weighted by Crippen LogP contribution is -2.31. The van der Waals surface area contributed by atoms with Crippen molar-refractivity contribution in [1.82, 2.24) is 10.3 Å². The Morgan fingerprint density at radius 1 is 1.17 bits per heavy atom. The van der Waals surface area contributed by atoms with E-state index in [9.17, 15) is 13.6 Å². The predicted octanol–water partition coefficient (Wildman–Crippen LogP) is 5.07. The molecule has 158 valence electrons. The van der Waals surface area contributed by atoms with Crippen LogP contribution < -0.4 is 10.1 Å². The van der Waals surface area contributed by atoms with E-state index in [2.05, 4.69) is 10.3 Å². The largest absolute Gasteiger partial charge is 0.497 e. The van der Waals surface area contributed by atoms with E-state index in [0.29, 0.717) is 5.89 Å². The number of aromatic nitrogens is 1. The molecule has 0 fully saturated rings. The zero-order valence-electron chi connectivity index (χ0n) is 17.1. The highest BCUT2D eigenvalue weighted by Crippen LogP contribution is 2.26. The summed E-state index contributed by atoms with van der Waals surface area (Å²) < 4.78 is 37.7. The third kappa shape index (κ3) is 5.23. The number of rotatable bonds is 8. The lowest BCUT2D eigenvalue weighted by molar-refractivity contribution is -0.122. The average molecular weight is 414 g/mol. The minimum atomic E-state index is -0.727. The van der Waals surface area contributed by atoms with Crippen molar-refractivity contribution in [3.63, 3.8) is 0 Å². The molecule has 1 atom stereocenters. The van der Waals surface area contributed by atoms with Gasteiger partial charge in [-0.3, -0.25) is 4.79 Å². The summed E-state index contributed by atoms with van der Waals surface area (Å²) >= 11 is 0. The van der Waals surface area contributed by atoms with Crippen LogP contribution >= 0.6 is 0 Å². The van der Waals surface area contributed by atoms with Crippen molar-refractivity contribution in [2.75, 3.05) is 7.11 Å². The van der Waals surface area contributed by atoms with Crippen molar-refractivity contribution in [2.24, 2.45) is 5.92 Å². The second kappa shape index (κ2) is 9.52. The molecular formula is C23H24F2N2O3. The van der Waals surface area contributed by atoms with Crippen molar-refractivity contribution in [1.29, 1.82) is 0 Å². The molecule has 1 amide bonds. The van der Waals surface area contributed by atoms with E-state index in [4.69, 9.17) is 9.15 Å². The normalized spacial score (nSPS) is 12.1. The maximum Gasteiger partial charge on any atom is 0.221 e. The van der Waals surface area contributed by atoms with E-state index in [1.807, 2.05) is 38.1 Å². The zero-order chi connectivity index (χ0) is 21.7. The average Bonchev–Trinajstić information content (AvgIpc) is 3.19. The highest BCUT2D eigenvalue weighted by atomic mass is 19.1. The first kappa shape index (κ1) is 21.5. The molecule has 1 heterocycles. The van der Waals surface area contributed by atoms with Gasteiger partial charge in [0.05, 0.1) is 24.9 Å². The van der Waals surface area contributed by atoms with Crippen LogP contribution in [0.1, 0.15) is 37.8 Å². The number of aryl methyl sites for hydroxylation is 1. The Morgan fingerprint density at radius 2 is 1.90 bits per heavy atom. The van der Waals surface area contributed by atoms with E-state index < -0.39 is 11.6 Å². The quantitative estimate of drug-likeness (QED) is 0.559. The van der Waals surface area contributed by atoms with Crippen LogP contribution in [0.5, 0.6) is 5.75 Å². The molecule has 3 aromatic rings. The summed E-state index contributed by atoms with van der Waals surface area (Å²) in [5, 5.41) is 3.04. The second-order valence-corrected chi connectivity index (χ2v) is 7.30. The molecular weight excluding hydrogens is 390 g/mol. The summed E-state index contributed by atoms with van der Waals surface area (Å²) in [4.78, 5) is 16.6. The van der Waals surface area contributed by atoms with Gasteiger partial charge in [-0.25, -0.2) is 13.8 Å². The molecule has 0 aliphatic rings. The first-order valence-corrected chi connectivity index (χ1v) is 9.71. The molecule has 3 rings (SSSR count). The minimum Gasteiger partial charge on any atom is -0.497 e. The van der Waals surface area contributed by atoms with Crippen molar-refractivity contribution in [2.45, 2.75) is 32.7 Å². The van der Waals surface area contributed by atoms with Crippen LogP contribution in [0.3, 0.4) is 0 Å². The van der Waals surface area contributed by atoms with Crippen LogP contribution in [0.2, 0.25) is 0 Å². The van der Waals surface area contributed by atoms with E-state index in [-0.39, 0.29) is 42.0 Å². The maximum absolute atomic E-state index is 13.9. The number of hydrogen-bond donors (Lipinski definition) is 1. The Labute approximate surface area is 174 Å². The van der Waals surface area contributed by atoms with Gasteiger partial charge in [-0.05, 0) is 35.7 Å². The molecule has 1 unspecified atom stereocenters. The number of carbonyl (C=O) groups excluding carboxylic acids is 1. The van der Waals surface area contributed by atoms with Gasteiger partial charge in [-0.1, -0.05) is 26.0 Å². The number of carbonyl (C=O) groups is 1. The molecule has 5 nitrogen and oxygen atoms in total. The molecule has 2 aromatic carbocycles. The fraction of sp³-hybridized carbons (Fsp3) is 0.304. The molecule has 7 heteroatoms. The second-order valence-electron chi connectivity index (χ2n) is 7.30. The summed E-state index contributed by atoms with van der Waals surface area (Å²) in [6.07, 6.45) is 1.81. The van der Waals surface area contributed by atoms with Crippen LogP contribution in [0.25, 0.3) is 11.3 Å². The number of oxazole rings is 1. The fourth-order valence-electron chi connectivity index (χ4n) is 3.15. The van der Waals surface area contributed by atoms with Crippen LogP contribution in [0.15, 0.2) is 53.1 Å². The van der Waals surface area contributed by atoms with Crippen molar-refractivity contribution in [3.8, 4) is 17.1 Å². The molecule has 0 saturated carbocycles. The molecule has 0 saturated heterocycles. The number of nitrogens with one attached hydrogen (secondary N) is 1. The van der Waals surface area contributed by atoms with Crippen LogP contribution in [0.4, 0.5) is 8.78 Å². The Bertz CT molecular complexity index is 1000. The van der Waals surface area contributed by atoms with E-state index in [1.165, 1.54) is 12.3 Å². The fourth-order valence-corrected chi connectivity index (χ4v) is 3.15. The molecule has 30 heavy (non-hydrogen) atoms. The number of benzene rings is 2.